The molecule has 84 valence electrons. The lowest BCUT2D eigenvalue weighted by Crippen LogP contribution is -1.87. The Morgan fingerprint density at radius 1 is 1.20 bits per heavy atom. The standard InChI is InChI=1S/C12H17BrOS/c1-14-11-7-3-4-8-12(11)15-10-6-2-5-9-13/h3-4,7-8H,2,5-6,9-10H2,1H3. The average molecular weight is 289 g/mol. The van der Waals surface area contributed by atoms with Crippen LogP contribution in [0.5, 0.6) is 5.75 Å². The van der Waals surface area contributed by atoms with Crippen LogP contribution in [0.15, 0.2) is 29.2 Å². The van der Waals surface area contributed by atoms with Gasteiger partial charge in [-0.1, -0.05) is 34.5 Å². The minimum absolute atomic E-state index is 0.989. The van der Waals surface area contributed by atoms with Gasteiger partial charge in [-0.05, 0) is 30.7 Å². The second-order valence-electron chi connectivity index (χ2n) is 3.25. The normalized spacial score (nSPS) is 10.3. The van der Waals surface area contributed by atoms with Crippen molar-refractivity contribution in [3.63, 3.8) is 0 Å². The Morgan fingerprint density at radius 3 is 2.73 bits per heavy atom. The lowest BCUT2D eigenvalue weighted by molar-refractivity contribution is 0.405. The van der Waals surface area contributed by atoms with E-state index in [0.29, 0.717) is 0 Å². The van der Waals surface area contributed by atoms with E-state index in [9.17, 15) is 0 Å². The summed E-state index contributed by atoms with van der Waals surface area (Å²) in [6.45, 7) is 0. The molecule has 0 atom stereocenters. The van der Waals surface area contributed by atoms with Crippen molar-refractivity contribution >= 4 is 27.7 Å². The van der Waals surface area contributed by atoms with E-state index < -0.39 is 0 Å². The first-order chi connectivity index (χ1) is 7.38. The van der Waals surface area contributed by atoms with Crippen molar-refractivity contribution in [3.05, 3.63) is 24.3 Å². The molecule has 1 nitrogen and oxygen atoms in total. The highest BCUT2D eigenvalue weighted by atomic mass is 79.9. The van der Waals surface area contributed by atoms with Crippen molar-refractivity contribution in [2.45, 2.75) is 24.2 Å². The van der Waals surface area contributed by atoms with Crippen LogP contribution in [0, 0.1) is 0 Å². The van der Waals surface area contributed by atoms with Crippen LogP contribution in [0.3, 0.4) is 0 Å². The highest BCUT2D eigenvalue weighted by Crippen LogP contribution is 2.29. The first kappa shape index (κ1) is 12.9. The summed E-state index contributed by atoms with van der Waals surface area (Å²) >= 11 is 5.32. The minimum Gasteiger partial charge on any atom is -0.496 e. The highest BCUT2D eigenvalue weighted by Gasteiger charge is 2.01. The number of rotatable bonds is 7. The van der Waals surface area contributed by atoms with Gasteiger partial charge in [0.1, 0.15) is 5.75 Å². The number of methoxy groups -OCH3 is 1. The molecule has 1 aromatic rings. The van der Waals surface area contributed by atoms with E-state index in [-0.39, 0.29) is 0 Å². The molecule has 0 aliphatic rings. The monoisotopic (exact) mass is 288 g/mol. The van der Waals surface area contributed by atoms with Gasteiger partial charge in [0.2, 0.25) is 0 Å². The number of benzene rings is 1. The lowest BCUT2D eigenvalue weighted by Gasteiger charge is -2.06. The minimum atomic E-state index is 0.989. The predicted molar refractivity (Wildman–Crippen MR) is 71.4 cm³/mol. The number of ether oxygens (including phenoxy) is 1. The van der Waals surface area contributed by atoms with Crippen molar-refractivity contribution in [1.29, 1.82) is 0 Å². The van der Waals surface area contributed by atoms with E-state index in [1.807, 2.05) is 23.9 Å². The number of hydrogen-bond donors (Lipinski definition) is 0. The fourth-order valence-electron chi connectivity index (χ4n) is 1.29. The van der Waals surface area contributed by atoms with Crippen LogP contribution in [-0.2, 0) is 0 Å². The third-order valence-corrected chi connectivity index (χ3v) is 3.81. The zero-order chi connectivity index (χ0) is 10.9. The SMILES string of the molecule is COc1ccccc1SCCCCCBr. The summed E-state index contributed by atoms with van der Waals surface area (Å²) in [7, 11) is 1.73. The molecule has 15 heavy (non-hydrogen) atoms. The Labute approximate surface area is 105 Å². The van der Waals surface area contributed by atoms with Gasteiger partial charge in [0.15, 0.2) is 0 Å². The van der Waals surface area contributed by atoms with Gasteiger partial charge in [-0.25, -0.2) is 0 Å². The quantitative estimate of drug-likeness (QED) is 0.419. The van der Waals surface area contributed by atoms with Crippen LogP contribution in [0.1, 0.15) is 19.3 Å². The maximum Gasteiger partial charge on any atom is 0.132 e. The molecule has 0 aliphatic carbocycles. The number of alkyl halides is 1. The Morgan fingerprint density at radius 2 is 2.00 bits per heavy atom. The molecule has 0 aliphatic heterocycles. The summed E-state index contributed by atoms with van der Waals surface area (Å²) in [5, 5.41) is 1.12. The van der Waals surface area contributed by atoms with Crippen molar-refractivity contribution in [3.8, 4) is 5.75 Å². The van der Waals surface area contributed by atoms with Crippen molar-refractivity contribution in [2.75, 3.05) is 18.2 Å². The van der Waals surface area contributed by atoms with Crippen LogP contribution in [0.4, 0.5) is 0 Å². The smallest absolute Gasteiger partial charge is 0.132 e. The third kappa shape index (κ3) is 4.94. The largest absolute Gasteiger partial charge is 0.496 e. The maximum absolute atomic E-state index is 5.30. The molecular formula is C12H17BrOS. The summed E-state index contributed by atoms with van der Waals surface area (Å²) in [5.74, 6) is 2.16. The number of hydrogen-bond acceptors (Lipinski definition) is 2. The molecule has 3 heteroatoms. The summed E-state index contributed by atoms with van der Waals surface area (Å²) in [4.78, 5) is 1.25. The van der Waals surface area contributed by atoms with Gasteiger partial charge >= 0.3 is 0 Å². The van der Waals surface area contributed by atoms with Gasteiger partial charge in [0, 0.05) is 10.2 Å². The molecule has 0 N–H and O–H groups in total. The lowest BCUT2D eigenvalue weighted by atomic mass is 10.3. The fourth-order valence-corrected chi connectivity index (χ4v) is 2.73. The zero-order valence-corrected chi connectivity index (χ0v) is 11.4. The summed E-state index contributed by atoms with van der Waals surface area (Å²) in [6.07, 6.45) is 3.84. The molecular weight excluding hydrogens is 272 g/mol. The van der Waals surface area contributed by atoms with Crippen LogP contribution in [0.2, 0.25) is 0 Å². The molecule has 1 rings (SSSR count). The predicted octanol–water partition coefficient (Wildman–Crippen LogP) is 4.35. The Hall–Kier alpha value is -0.150. The van der Waals surface area contributed by atoms with Crippen LogP contribution in [-0.4, -0.2) is 18.2 Å². The molecule has 0 saturated carbocycles. The van der Waals surface area contributed by atoms with E-state index in [1.165, 1.54) is 29.9 Å². The van der Waals surface area contributed by atoms with Gasteiger partial charge in [-0.3, -0.25) is 0 Å². The van der Waals surface area contributed by atoms with Crippen molar-refractivity contribution < 1.29 is 4.74 Å². The first-order valence-electron chi connectivity index (χ1n) is 5.20. The van der Waals surface area contributed by atoms with Crippen molar-refractivity contribution in [2.24, 2.45) is 0 Å². The number of unbranched alkanes of at least 4 members (excludes halogenated alkanes) is 2. The molecule has 0 amide bonds. The molecule has 0 spiro atoms. The average Bonchev–Trinajstić information content (AvgIpc) is 2.29. The summed E-state index contributed by atoms with van der Waals surface area (Å²) in [6, 6.07) is 8.20. The van der Waals surface area contributed by atoms with Gasteiger partial charge < -0.3 is 4.74 Å². The number of para-hydroxylation sites is 1. The van der Waals surface area contributed by atoms with Gasteiger partial charge in [-0.2, -0.15) is 0 Å². The van der Waals surface area contributed by atoms with E-state index in [1.54, 1.807) is 7.11 Å². The molecule has 0 heterocycles. The fraction of sp³-hybridized carbons (Fsp3) is 0.500. The summed E-state index contributed by atoms with van der Waals surface area (Å²) < 4.78 is 5.30. The molecule has 0 fully saturated rings. The molecule has 0 unspecified atom stereocenters. The van der Waals surface area contributed by atoms with E-state index in [0.717, 1.165) is 11.1 Å². The van der Waals surface area contributed by atoms with Gasteiger partial charge in [-0.15, -0.1) is 11.8 Å². The molecule has 0 aromatic heterocycles. The Bertz CT molecular complexity index is 278. The topological polar surface area (TPSA) is 9.23 Å². The van der Waals surface area contributed by atoms with Crippen LogP contribution < -0.4 is 4.74 Å². The second-order valence-corrected chi connectivity index (χ2v) is 5.18. The maximum atomic E-state index is 5.30. The Kier molecular flexibility index (Phi) is 6.94. The highest BCUT2D eigenvalue weighted by molar-refractivity contribution is 9.09. The van der Waals surface area contributed by atoms with Crippen LogP contribution in [0.25, 0.3) is 0 Å². The molecule has 0 radical (unpaired) electrons. The van der Waals surface area contributed by atoms with E-state index in [4.69, 9.17) is 4.74 Å². The Balaban J connectivity index is 2.30. The molecule has 0 bridgehead atoms. The number of thioether (sulfide) groups is 1. The van der Waals surface area contributed by atoms with Crippen LogP contribution >= 0.6 is 27.7 Å². The van der Waals surface area contributed by atoms with E-state index in [2.05, 4.69) is 28.1 Å². The molecule has 0 saturated heterocycles. The third-order valence-electron chi connectivity index (χ3n) is 2.10. The van der Waals surface area contributed by atoms with Gasteiger partial charge in [0.25, 0.3) is 0 Å². The molecule has 1 aromatic carbocycles. The number of halogens is 1. The van der Waals surface area contributed by atoms with Gasteiger partial charge in [0.05, 0.1) is 7.11 Å². The first-order valence-corrected chi connectivity index (χ1v) is 7.31. The van der Waals surface area contributed by atoms with E-state index >= 15 is 0 Å². The second kappa shape index (κ2) is 8.05. The van der Waals surface area contributed by atoms with Crippen molar-refractivity contribution in [1.82, 2.24) is 0 Å². The zero-order valence-electron chi connectivity index (χ0n) is 9.04. The summed E-state index contributed by atoms with van der Waals surface area (Å²) in [5.41, 5.74) is 0.